The number of hydrogen-bond donors (Lipinski definition) is 2. The van der Waals surface area contributed by atoms with Gasteiger partial charge in [0.2, 0.25) is 0 Å². The Hall–Kier alpha value is -4.40. The summed E-state index contributed by atoms with van der Waals surface area (Å²) < 4.78 is 7.30. The molecule has 0 spiro atoms. The van der Waals surface area contributed by atoms with Crippen molar-refractivity contribution < 1.29 is 14.3 Å². The molecule has 0 atom stereocenters. The second-order valence-electron chi connectivity index (χ2n) is 8.35. The summed E-state index contributed by atoms with van der Waals surface area (Å²) in [6.45, 7) is 4.88. The molecule has 2 aromatic heterocycles. The molecule has 0 saturated heterocycles. The Kier molecular flexibility index (Phi) is 5.37. The number of urea groups is 1. The maximum Gasteiger partial charge on any atom is 0.326 e. The number of fused-ring (bicyclic) bond motifs is 2. The largest absolute Gasteiger partial charge is 0.490 e. The third-order valence-electron chi connectivity index (χ3n) is 5.80. The number of benzene rings is 2. The number of aromatic nitrogens is 3. The minimum absolute atomic E-state index is 0.130. The number of amides is 2. The lowest BCUT2D eigenvalue weighted by atomic mass is 10.0. The van der Waals surface area contributed by atoms with E-state index in [0.717, 1.165) is 5.69 Å². The van der Waals surface area contributed by atoms with Crippen molar-refractivity contribution >= 4 is 34.5 Å². The van der Waals surface area contributed by atoms with Crippen LogP contribution in [0.2, 0.25) is 0 Å². The number of nitrogen functional groups attached to an aromatic ring is 1. The Morgan fingerprint density at radius 3 is 2.76 bits per heavy atom. The summed E-state index contributed by atoms with van der Waals surface area (Å²) >= 11 is 0. The topological polar surface area (TPSA) is 115 Å². The van der Waals surface area contributed by atoms with E-state index in [9.17, 15) is 9.59 Å². The summed E-state index contributed by atoms with van der Waals surface area (Å²) in [6.07, 6.45) is 1.38. The lowest BCUT2D eigenvalue weighted by molar-refractivity contribution is 0.104. The van der Waals surface area contributed by atoms with Crippen LogP contribution in [0.3, 0.4) is 0 Å². The summed E-state index contributed by atoms with van der Waals surface area (Å²) in [7, 11) is 0. The lowest BCUT2D eigenvalue weighted by Gasteiger charge is -2.29. The molecule has 172 valence electrons. The Balaban J connectivity index is 1.45. The fraction of sp³-hybridized carbons (Fsp3) is 0.200. The second-order valence-corrected chi connectivity index (χ2v) is 8.35. The Labute approximate surface area is 196 Å². The number of rotatable bonds is 4. The number of nitrogens with zero attached hydrogens (tertiary/aromatic N) is 4. The molecule has 0 bridgehead atoms. The molecule has 9 heteroatoms. The summed E-state index contributed by atoms with van der Waals surface area (Å²) in [5, 5.41) is 7.18. The van der Waals surface area contributed by atoms with Crippen molar-refractivity contribution in [3.05, 3.63) is 77.7 Å². The molecule has 3 heterocycles. The summed E-state index contributed by atoms with van der Waals surface area (Å²) in [5.74, 6) is 0.805. The number of hydrogen-bond acceptors (Lipinski definition) is 6. The number of carbonyl (C=O) groups excluding carboxylic acids is 2. The monoisotopic (exact) mass is 456 g/mol. The number of nitrogens with two attached hydrogens (primary N) is 1. The van der Waals surface area contributed by atoms with Crippen LogP contribution in [0.25, 0.3) is 5.52 Å². The number of nitrogens with one attached hydrogen (secondary N) is 1. The van der Waals surface area contributed by atoms with Gasteiger partial charge in [-0.15, -0.1) is 0 Å². The number of para-hydroxylation sites is 2. The van der Waals surface area contributed by atoms with Crippen LogP contribution in [0.1, 0.15) is 41.4 Å². The van der Waals surface area contributed by atoms with Crippen molar-refractivity contribution in [3.8, 4) is 5.75 Å². The van der Waals surface area contributed by atoms with E-state index in [2.05, 4.69) is 15.4 Å². The van der Waals surface area contributed by atoms with E-state index in [0.29, 0.717) is 46.9 Å². The van der Waals surface area contributed by atoms with Crippen LogP contribution in [0.5, 0.6) is 5.75 Å². The van der Waals surface area contributed by atoms with Gasteiger partial charge in [0.15, 0.2) is 11.6 Å². The molecule has 0 radical (unpaired) electrons. The normalized spacial score (nSPS) is 13.0. The van der Waals surface area contributed by atoms with Gasteiger partial charge in [0.05, 0.1) is 17.8 Å². The van der Waals surface area contributed by atoms with E-state index in [1.165, 1.54) is 6.33 Å². The van der Waals surface area contributed by atoms with Crippen LogP contribution in [-0.4, -0.2) is 39.6 Å². The van der Waals surface area contributed by atoms with Gasteiger partial charge in [-0.1, -0.05) is 38.1 Å². The summed E-state index contributed by atoms with van der Waals surface area (Å²) in [4.78, 5) is 32.2. The zero-order valence-electron chi connectivity index (χ0n) is 18.9. The summed E-state index contributed by atoms with van der Waals surface area (Å²) in [5.41, 5.74) is 9.51. The molecular formula is C25H24N6O3. The highest BCUT2D eigenvalue weighted by Crippen LogP contribution is 2.32. The van der Waals surface area contributed by atoms with Gasteiger partial charge < -0.3 is 15.8 Å². The van der Waals surface area contributed by atoms with Gasteiger partial charge in [0.25, 0.3) is 0 Å². The summed E-state index contributed by atoms with van der Waals surface area (Å²) in [6, 6.07) is 15.7. The molecule has 0 fully saturated rings. The Morgan fingerprint density at radius 2 is 1.94 bits per heavy atom. The SMILES string of the molecule is CC(C)c1cc(C(=O)c2cccc(NC(=O)N3CCOc4ccccc43)c2)c2c(N)ncnn12. The first-order chi connectivity index (χ1) is 16.4. The molecule has 2 amide bonds. The fourth-order valence-corrected chi connectivity index (χ4v) is 4.14. The molecule has 4 aromatic rings. The highest BCUT2D eigenvalue weighted by Gasteiger charge is 2.25. The molecule has 0 saturated carbocycles. The van der Waals surface area contributed by atoms with E-state index in [1.54, 1.807) is 33.7 Å². The first kappa shape index (κ1) is 21.4. The zero-order chi connectivity index (χ0) is 23.8. The Bertz CT molecular complexity index is 1410. The van der Waals surface area contributed by atoms with E-state index in [-0.39, 0.29) is 23.6 Å². The number of anilines is 3. The smallest absolute Gasteiger partial charge is 0.326 e. The molecular weight excluding hydrogens is 432 g/mol. The van der Waals surface area contributed by atoms with Crippen LogP contribution in [0, 0.1) is 0 Å². The van der Waals surface area contributed by atoms with Crippen molar-refractivity contribution in [1.29, 1.82) is 0 Å². The van der Waals surface area contributed by atoms with Gasteiger partial charge >= 0.3 is 6.03 Å². The second kappa shape index (κ2) is 8.51. The molecule has 0 aliphatic carbocycles. The van der Waals surface area contributed by atoms with Gasteiger partial charge in [-0.3, -0.25) is 9.69 Å². The van der Waals surface area contributed by atoms with Crippen LogP contribution in [0.4, 0.5) is 22.0 Å². The molecule has 2 aromatic carbocycles. The van der Waals surface area contributed by atoms with Crippen LogP contribution < -0.4 is 20.7 Å². The minimum atomic E-state index is -0.297. The van der Waals surface area contributed by atoms with Crippen molar-refractivity contribution in [3.63, 3.8) is 0 Å². The van der Waals surface area contributed by atoms with Gasteiger partial charge in [0, 0.05) is 16.9 Å². The number of ketones is 1. The van der Waals surface area contributed by atoms with E-state index < -0.39 is 0 Å². The van der Waals surface area contributed by atoms with E-state index in [1.807, 2.05) is 44.2 Å². The van der Waals surface area contributed by atoms with Crippen molar-refractivity contribution in [1.82, 2.24) is 14.6 Å². The Morgan fingerprint density at radius 1 is 1.12 bits per heavy atom. The quantitative estimate of drug-likeness (QED) is 0.447. The lowest BCUT2D eigenvalue weighted by Crippen LogP contribution is -2.40. The van der Waals surface area contributed by atoms with Crippen molar-refractivity contribution in [2.45, 2.75) is 19.8 Å². The molecule has 3 N–H and O–H groups in total. The average molecular weight is 457 g/mol. The fourth-order valence-electron chi connectivity index (χ4n) is 4.14. The maximum atomic E-state index is 13.5. The van der Waals surface area contributed by atoms with Crippen LogP contribution >= 0.6 is 0 Å². The minimum Gasteiger partial charge on any atom is -0.490 e. The van der Waals surface area contributed by atoms with Crippen molar-refractivity contribution in [2.75, 3.05) is 29.1 Å². The highest BCUT2D eigenvalue weighted by molar-refractivity contribution is 6.15. The van der Waals surface area contributed by atoms with E-state index >= 15 is 0 Å². The average Bonchev–Trinajstić information content (AvgIpc) is 3.25. The van der Waals surface area contributed by atoms with Gasteiger partial charge in [-0.25, -0.2) is 14.3 Å². The predicted octanol–water partition coefficient (Wildman–Crippen LogP) is 4.10. The third kappa shape index (κ3) is 3.71. The number of carbonyl (C=O) groups is 2. The van der Waals surface area contributed by atoms with E-state index in [4.69, 9.17) is 10.5 Å². The molecule has 1 aliphatic rings. The van der Waals surface area contributed by atoms with Gasteiger partial charge in [-0.2, -0.15) is 5.10 Å². The standard InChI is InChI=1S/C25H24N6O3/c1-15(2)20-13-18(22-24(26)27-14-28-31(20)22)23(32)16-6-5-7-17(12-16)29-25(33)30-10-11-34-21-9-4-3-8-19(21)30/h3-9,12-15H,10-11H2,1-2H3,(H,29,33)(H2,26,27,28). The van der Waals surface area contributed by atoms with Gasteiger partial charge in [-0.05, 0) is 36.2 Å². The molecule has 9 nitrogen and oxygen atoms in total. The first-order valence-corrected chi connectivity index (χ1v) is 11.0. The number of ether oxygens (including phenoxy) is 1. The predicted molar refractivity (Wildman–Crippen MR) is 130 cm³/mol. The van der Waals surface area contributed by atoms with Gasteiger partial charge in [0.1, 0.15) is 24.2 Å². The van der Waals surface area contributed by atoms with Crippen LogP contribution in [-0.2, 0) is 0 Å². The third-order valence-corrected chi connectivity index (χ3v) is 5.80. The molecule has 0 unspecified atom stereocenters. The molecule has 34 heavy (non-hydrogen) atoms. The molecule has 5 rings (SSSR count). The molecule has 1 aliphatic heterocycles. The van der Waals surface area contributed by atoms with Crippen LogP contribution in [0.15, 0.2) is 60.9 Å². The van der Waals surface area contributed by atoms with Crippen molar-refractivity contribution in [2.24, 2.45) is 0 Å². The zero-order valence-corrected chi connectivity index (χ0v) is 18.9. The first-order valence-electron chi connectivity index (χ1n) is 11.0. The maximum absolute atomic E-state index is 13.5. The highest BCUT2D eigenvalue weighted by atomic mass is 16.5.